The van der Waals surface area contributed by atoms with Crippen molar-refractivity contribution in [3.63, 3.8) is 0 Å². The Kier molecular flexibility index (Phi) is 5.04. The molecule has 0 aliphatic rings. The van der Waals surface area contributed by atoms with E-state index in [1.54, 1.807) is 0 Å². The van der Waals surface area contributed by atoms with Crippen molar-refractivity contribution in [3.05, 3.63) is 26.6 Å². The topological polar surface area (TPSA) is 39.2 Å². The van der Waals surface area contributed by atoms with E-state index in [1.807, 2.05) is 0 Å². The Hall–Kier alpha value is -1.00. The maximum absolute atomic E-state index is 12.8. The number of halogens is 6. The van der Waals surface area contributed by atoms with Gasteiger partial charge in [-0.1, -0.05) is 0 Å². The van der Waals surface area contributed by atoms with Gasteiger partial charge in [0.2, 0.25) is 0 Å². The second-order valence-corrected chi connectivity index (χ2v) is 4.38. The van der Waals surface area contributed by atoms with Crippen LogP contribution in [0.3, 0.4) is 0 Å². The first kappa shape index (κ1) is 16.1. The van der Waals surface area contributed by atoms with Crippen LogP contribution in [0.4, 0.5) is 22.0 Å². The van der Waals surface area contributed by atoms with Gasteiger partial charge in [0.15, 0.2) is 5.69 Å². The molecule has 0 radical (unpaired) electrons. The van der Waals surface area contributed by atoms with E-state index in [9.17, 15) is 26.7 Å². The SMILES string of the molecule is CCOC(=O)c1cc(I)nc(C(F)(F)F)c1C(F)F. The first-order valence-electron chi connectivity index (χ1n) is 4.91. The maximum atomic E-state index is 12.8. The van der Waals surface area contributed by atoms with Crippen molar-refractivity contribution < 1.29 is 31.5 Å². The molecular weight excluding hydrogens is 388 g/mol. The lowest BCUT2D eigenvalue weighted by molar-refractivity contribution is -0.143. The van der Waals surface area contributed by atoms with Crippen molar-refractivity contribution in [1.29, 1.82) is 0 Å². The van der Waals surface area contributed by atoms with Crippen molar-refractivity contribution in [2.24, 2.45) is 0 Å². The number of hydrogen-bond acceptors (Lipinski definition) is 3. The van der Waals surface area contributed by atoms with Gasteiger partial charge >= 0.3 is 12.1 Å². The molecule has 0 saturated heterocycles. The maximum Gasteiger partial charge on any atom is 0.433 e. The van der Waals surface area contributed by atoms with Crippen LogP contribution in [0, 0.1) is 3.70 Å². The predicted molar refractivity (Wildman–Crippen MR) is 62.9 cm³/mol. The molecule has 3 nitrogen and oxygen atoms in total. The highest BCUT2D eigenvalue weighted by Gasteiger charge is 2.40. The van der Waals surface area contributed by atoms with E-state index in [0.29, 0.717) is 0 Å². The lowest BCUT2D eigenvalue weighted by Gasteiger charge is -2.15. The van der Waals surface area contributed by atoms with E-state index in [2.05, 4.69) is 9.72 Å². The number of ether oxygens (including phenoxy) is 1. The Morgan fingerprint density at radius 2 is 2.05 bits per heavy atom. The summed E-state index contributed by atoms with van der Waals surface area (Å²) in [6.07, 6.45) is -8.56. The Bertz CT molecular complexity index is 490. The molecule has 0 unspecified atom stereocenters. The molecule has 106 valence electrons. The smallest absolute Gasteiger partial charge is 0.433 e. The first-order chi connectivity index (χ1) is 8.68. The molecule has 0 aliphatic heterocycles. The van der Waals surface area contributed by atoms with Crippen LogP contribution in [0.1, 0.15) is 35.0 Å². The molecule has 1 heterocycles. The van der Waals surface area contributed by atoms with Gasteiger partial charge in [-0.25, -0.2) is 18.6 Å². The number of rotatable bonds is 3. The Morgan fingerprint density at radius 1 is 1.47 bits per heavy atom. The second kappa shape index (κ2) is 5.97. The molecule has 0 spiro atoms. The molecule has 0 amide bonds. The number of alkyl halides is 5. The third kappa shape index (κ3) is 3.74. The minimum atomic E-state index is -5.08. The molecule has 0 atom stereocenters. The number of pyridine rings is 1. The van der Waals surface area contributed by atoms with Crippen LogP contribution in [0.5, 0.6) is 0 Å². The molecule has 0 saturated carbocycles. The average Bonchev–Trinajstić information content (AvgIpc) is 2.26. The summed E-state index contributed by atoms with van der Waals surface area (Å²) in [7, 11) is 0. The van der Waals surface area contributed by atoms with Crippen molar-refractivity contribution >= 4 is 28.6 Å². The van der Waals surface area contributed by atoms with Crippen molar-refractivity contribution in [1.82, 2.24) is 4.98 Å². The van der Waals surface area contributed by atoms with Crippen LogP contribution in [-0.2, 0) is 10.9 Å². The molecule has 19 heavy (non-hydrogen) atoms. The summed E-state index contributed by atoms with van der Waals surface area (Å²) in [4.78, 5) is 14.5. The lowest BCUT2D eigenvalue weighted by Crippen LogP contribution is -2.19. The highest BCUT2D eigenvalue weighted by Crippen LogP contribution is 2.37. The summed E-state index contributed by atoms with van der Waals surface area (Å²) in [5.74, 6) is -1.23. The Morgan fingerprint density at radius 3 is 2.47 bits per heavy atom. The van der Waals surface area contributed by atoms with E-state index in [1.165, 1.54) is 29.5 Å². The molecule has 1 aromatic heterocycles. The largest absolute Gasteiger partial charge is 0.462 e. The monoisotopic (exact) mass is 395 g/mol. The van der Waals surface area contributed by atoms with E-state index in [0.717, 1.165) is 6.07 Å². The van der Waals surface area contributed by atoms with Crippen LogP contribution < -0.4 is 0 Å². The first-order valence-corrected chi connectivity index (χ1v) is 5.99. The van der Waals surface area contributed by atoms with Crippen LogP contribution in [-0.4, -0.2) is 17.6 Å². The summed E-state index contributed by atoms with van der Waals surface area (Å²) in [5.41, 5.74) is -4.03. The molecule has 0 aromatic carbocycles. The molecule has 0 N–H and O–H groups in total. The summed E-state index contributed by atoms with van der Waals surface area (Å²) in [5, 5.41) is 0. The van der Waals surface area contributed by atoms with Crippen LogP contribution in [0.2, 0.25) is 0 Å². The second-order valence-electron chi connectivity index (χ2n) is 3.27. The number of carbonyl (C=O) groups is 1. The van der Waals surface area contributed by atoms with Gasteiger partial charge in [-0.05, 0) is 35.6 Å². The van der Waals surface area contributed by atoms with E-state index >= 15 is 0 Å². The summed E-state index contributed by atoms with van der Waals surface area (Å²) < 4.78 is 67.8. The van der Waals surface area contributed by atoms with Crippen LogP contribution in [0.25, 0.3) is 0 Å². The summed E-state index contributed by atoms with van der Waals surface area (Å²) in [6.45, 7) is 1.28. The number of aromatic nitrogens is 1. The zero-order valence-electron chi connectivity index (χ0n) is 9.39. The van der Waals surface area contributed by atoms with Crippen molar-refractivity contribution in [2.75, 3.05) is 6.61 Å². The third-order valence-electron chi connectivity index (χ3n) is 2.01. The number of hydrogen-bond donors (Lipinski definition) is 0. The molecule has 1 rings (SSSR count). The van der Waals surface area contributed by atoms with Gasteiger partial charge in [0.25, 0.3) is 6.43 Å². The number of esters is 1. The molecular formula is C10H7F5INO2. The average molecular weight is 395 g/mol. The standard InChI is InChI=1S/C10H7F5INO2/c1-2-19-9(18)4-3-5(16)17-7(10(13,14)15)6(4)8(11)12/h3,8H,2H2,1H3. The summed E-state index contributed by atoms with van der Waals surface area (Å²) in [6, 6.07) is 0.843. The van der Waals surface area contributed by atoms with Crippen LogP contribution in [0.15, 0.2) is 6.07 Å². The van der Waals surface area contributed by atoms with Gasteiger partial charge < -0.3 is 4.74 Å². The van der Waals surface area contributed by atoms with E-state index in [4.69, 9.17) is 0 Å². The fourth-order valence-corrected chi connectivity index (χ4v) is 1.89. The molecule has 1 aromatic rings. The zero-order chi connectivity index (χ0) is 14.8. The normalized spacial score (nSPS) is 11.8. The fourth-order valence-electron chi connectivity index (χ4n) is 1.34. The molecule has 0 bridgehead atoms. The van der Waals surface area contributed by atoms with Gasteiger partial charge in [-0.15, -0.1) is 0 Å². The van der Waals surface area contributed by atoms with Gasteiger partial charge in [-0.3, -0.25) is 0 Å². The highest BCUT2D eigenvalue weighted by atomic mass is 127. The zero-order valence-corrected chi connectivity index (χ0v) is 11.6. The van der Waals surface area contributed by atoms with E-state index < -0.39 is 35.4 Å². The minimum absolute atomic E-state index is 0.137. The predicted octanol–water partition coefficient (Wildman–Crippen LogP) is 3.82. The quantitative estimate of drug-likeness (QED) is 0.338. The Labute approximate surface area is 118 Å². The van der Waals surface area contributed by atoms with Gasteiger partial charge in [0, 0.05) is 0 Å². The number of nitrogens with zero attached hydrogens (tertiary/aromatic N) is 1. The van der Waals surface area contributed by atoms with Gasteiger partial charge in [0.1, 0.15) is 3.70 Å². The molecule has 9 heteroatoms. The van der Waals surface area contributed by atoms with Crippen molar-refractivity contribution in [2.45, 2.75) is 19.5 Å². The van der Waals surface area contributed by atoms with E-state index in [-0.39, 0.29) is 10.3 Å². The van der Waals surface area contributed by atoms with Gasteiger partial charge in [0.05, 0.1) is 17.7 Å². The van der Waals surface area contributed by atoms with Crippen molar-refractivity contribution in [3.8, 4) is 0 Å². The minimum Gasteiger partial charge on any atom is -0.462 e. The highest BCUT2D eigenvalue weighted by molar-refractivity contribution is 14.1. The molecule has 0 aliphatic carbocycles. The lowest BCUT2D eigenvalue weighted by atomic mass is 10.1. The third-order valence-corrected chi connectivity index (χ3v) is 2.56. The number of carbonyl (C=O) groups excluding carboxylic acids is 1. The van der Waals surface area contributed by atoms with Gasteiger partial charge in [-0.2, -0.15) is 13.2 Å². The fraction of sp³-hybridized carbons (Fsp3) is 0.400. The Balaban J connectivity index is 3.54. The summed E-state index contributed by atoms with van der Waals surface area (Å²) >= 11 is 1.41. The molecule has 0 fully saturated rings. The van der Waals surface area contributed by atoms with Crippen LogP contribution >= 0.6 is 22.6 Å².